The summed E-state index contributed by atoms with van der Waals surface area (Å²) in [7, 11) is 1.62. The topological polar surface area (TPSA) is 50.4 Å². The number of nitrogens with one attached hydrogen (secondary N) is 2. The monoisotopic (exact) mass is 398 g/mol. The highest BCUT2D eigenvalue weighted by Gasteiger charge is 2.18. The minimum Gasteiger partial charge on any atom is -0.495 e. The highest BCUT2D eigenvalue weighted by atomic mass is 32.1. The van der Waals surface area contributed by atoms with Crippen molar-refractivity contribution in [2.45, 2.75) is 19.4 Å². The van der Waals surface area contributed by atoms with Gasteiger partial charge in [0.15, 0.2) is 0 Å². The second-order valence-corrected chi connectivity index (χ2v) is 7.43. The fraction of sp³-hybridized carbons (Fsp3) is 0.227. The number of carbonyl (C=O) groups is 1. The summed E-state index contributed by atoms with van der Waals surface area (Å²) in [6.07, 6.45) is 0.306. The lowest BCUT2D eigenvalue weighted by Crippen LogP contribution is -2.30. The maximum atomic E-state index is 13.3. The van der Waals surface area contributed by atoms with E-state index in [-0.39, 0.29) is 17.8 Å². The predicted molar refractivity (Wildman–Crippen MR) is 112 cm³/mol. The largest absolute Gasteiger partial charge is 0.495 e. The second-order valence-electron chi connectivity index (χ2n) is 6.45. The molecule has 0 fully saturated rings. The molecule has 2 N–H and O–H groups in total. The molecule has 0 aliphatic heterocycles. The second kappa shape index (κ2) is 9.37. The third-order valence-electron chi connectivity index (χ3n) is 4.36. The Morgan fingerprint density at radius 2 is 1.96 bits per heavy atom. The maximum Gasteiger partial charge on any atom is 0.222 e. The number of hydrogen-bond donors (Lipinski definition) is 2. The van der Waals surface area contributed by atoms with Crippen LogP contribution in [0.1, 0.15) is 28.5 Å². The summed E-state index contributed by atoms with van der Waals surface area (Å²) in [5.74, 6) is 0.368. The summed E-state index contributed by atoms with van der Waals surface area (Å²) in [5.41, 5.74) is 2.83. The van der Waals surface area contributed by atoms with E-state index in [9.17, 15) is 9.18 Å². The van der Waals surface area contributed by atoms with E-state index in [1.807, 2.05) is 42.6 Å². The molecule has 0 bridgehead atoms. The van der Waals surface area contributed by atoms with Crippen molar-refractivity contribution in [2.75, 3.05) is 19.0 Å². The van der Waals surface area contributed by atoms with Crippen molar-refractivity contribution in [1.82, 2.24) is 5.32 Å². The van der Waals surface area contributed by atoms with E-state index in [0.717, 1.165) is 27.4 Å². The number of halogens is 1. The van der Waals surface area contributed by atoms with Crippen molar-refractivity contribution in [1.29, 1.82) is 0 Å². The van der Waals surface area contributed by atoms with Gasteiger partial charge in [0.25, 0.3) is 0 Å². The molecule has 1 heterocycles. The Labute approximate surface area is 168 Å². The summed E-state index contributed by atoms with van der Waals surface area (Å²) < 4.78 is 18.6. The van der Waals surface area contributed by atoms with Gasteiger partial charge in [0.1, 0.15) is 11.6 Å². The molecule has 1 atom stereocenters. The lowest BCUT2D eigenvalue weighted by Gasteiger charge is -2.18. The molecule has 3 aromatic rings. The van der Waals surface area contributed by atoms with Crippen LogP contribution in [0.3, 0.4) is 0 Å². The highest BCUT2D eigenvalue weighted by molar-refractivity contribution is 7.10. The standard InChI is InChI=1S/C22H23FN2O2S/c1-15-5-10-19(27-2)18(14-15)24-12-11-21(26)25-22(20-4-3-13-28-20)16-6-8-17(23)9-7-16/h3-10,13-14,22,24H,11-12H2,1-2H3,(H,25,26)/t22-/m0/s1. The van der Waals surface area contributed by atoms with Gasteiger partial charge in [0.05, 0.1) is 18.8 Å². The number of hydrogen-bond acceptors (Lipinski definition) is 4. The van der Waals surface area contributed by atoms with E-state index < -0.39 is 0 Å². The third-order valence-corrected chi connectivity index (χ3v) is 5.30. The molecule has 146 valence electrons. The van der Waals surface area contributed by atoms with Crippen LogP contribution in [0.5, 0.6) is 5.75 Å². The van der Waals surface area contributed by atoms with E-state index in [4.69, 9.17) is 4.74 Å². The molecule has 3 rings (SSSR count). The Balaban J connectivity index is 1.63. The fourth-order valence-electron chi connectivity index (χ4n) is 2.93. The van der Waals surface area contributed by atoms with Gasteiger partial charge in [-0.2, -0.15) is 0 Å². The molecule has 2 aromatic carbocycles. The van der Waals surface area contributed by atoms with Crippen molar-refractivity contribution in [3.8, 4) is 5.75 Å². The Morgan fingerprint density at radius 3 is 2.64 bits per heavy atom. The Bertz CT molecular complexity index is 911. The molecule has 1 aromatic heterocycles. The Morgan fingerprint density at radius 1 is 1.18 bits per heavy atom. The molecule has 4 nitrogen and oxygen atoms in total. The average Bonchev–Trinajstić information content (AvgIpc) is 3.22. The van der Waals surface area contributed by atoms with Crippen LogP contribution in [0.2, 0.25) is 0 Å². The van der Waals surface area contributed by atoms with Crippen LogP contribution in [0, 0.1) is 12.7 Å². The van der Waals surface area contributed by atoms with Crippen LogP contribution in [0.4, 0.5) is 10.1 Å². The first-order valence-electron chi connectivity index (χ1n) is 9.03. The van der Waals surface area contributed by atoms with Gasteiger partial charge < -0.3 is 15.4 Å². The van der Waals surface area contributed by atoms with Crippen LogP contribution < -0.4 is 15.4 Å². The summed E-state index contributed by atoms with van der Waals surface area (Å²) in [5, 5.41) is 8.28. The molecular weight excluding hydrogens is 375 g/mol. The van der Waals surface area contributed by atoms with Gasteiger partial charge in [-0.05, 0) is 53.8 Å². The molecule has 1 amide bonds. The quantitative estimate of drug-likeness (QED) is 0.567. The minimum absolute atomic E-state index is 0.0816. The number of rotatable bonds is 8. The summed E-state index contributed by atoms with van der Waals surface area (Å²) in [6, 6.07) is 15.7. The molecule has 0 saturated carbocycles. The zero-order valence-electron chi connectivity index (χ0n) is 15.9. The van der Waals surface area contributed by atoms with Crippen molar-refractivity contribution in [2.24, 2.45) is 0 Å². The molecule has 0 unspecified atom stereocenters. The van der Waals surface area contributed by atoms with Crippen molar-refractivity contribution in [3.05, 3.63) is 81.8 Å². The number of amides is 1. The third kappa shape index (κ3) is 5.10. The smallest absolute Gasteiger partial charge is 0.222 e. The van der Waals surface area contributed by atoms with Crippen molar-refractivity contribution >= 4 is 22.9 Å². The Hall–Kier alpha value is -2.86. The summed E-state index contributed by atoms with van der Waals surface area (Å²) >= 11 is 1.56. The van der Waals surface area contributed by atoms with E-state index in [1.54, 1.807) is 30.6 Å². The van der Waals surface area contributed by atoms with Crippen LogP contribution >= 0.6 is 11.3 Å². The molecule has 0 aliphatic carbocycles. The number of carbonyl (C=O) groups excluding carboxylic acids is 1. The van der Waals surface area contributed by atoms with Gasteiger partial charge in [-0.3, -0.25) is 4.79 Å². The summed E-state index contributed by atoms with van der Waals surface area (Å²) in [6.45, 7) is 2.48. The zero-order chi connectivity index (χ0) is 19.9. The Kier molecular flexibility index (Phi) is 6.66. The van der Waals surface area contributed by atoms with E-state index in [1.165, 1.54) is 12.1 Å². The van der Waals surface area contributed by atoms with Crippen LogP contribution in [-0.4, -0.2) is 19.6 Å². The number of thiophene rings is 1. The average molecular weight is 399 g/mol. The molecular formula is C22H23FN2O2S. The minimum atomic E-state index is -0.295. The van der Waals surface area contributed by atoms with Crippen molar-refractivity contribution < 1.29 is 13.9 Å². The highest BCUT2D eigenvalue weighted by Crippen LogP contribution is 2.27. The molecule has 0 radical (unpaired) electrons. The number of benzene rings is 2. The van der Waals surface area contributed by atoms with Gasteiger partial charge in [-0.15, -0.1) is 11.3 Å². The lowest BCUT2D eigenvalue weighted by atomic mass is 10.0. The van der Waals surface area contributed by atoms with Crippen molar-refractivity contribution in [3.63, 3.8) is 0 Å². The molecule has 0 saturated heterocycles. The van der Waals surface area contributed by atoms with Crippen LogP contribution in [0.15, 0.2) is 60.0 Å². The molecule has 0 aliphatic rings. The first-order valence-corrected chi connectivity index (χ1v) is 9.91. The maximum absolute atomic E-state index is 13.3. The first-order chi connectivity index (χ1) is 13.6. The van der Waals surface area contributed by atoms with Gasteiger partial charge in [-0.1, -0.05) is 24.3 Å². The molecule has 28 heavy (non-hydrogen) atoms. The van der Waals surface area contributed by atoms with E-state index in [0.29, 0.717) is 13.0 Å². The van der Waals surface area contributed by atoms with E-state index in [2.05, 4.69) is 10.6 Å². The molecule has 0 spiro atoms. The SMILES string of the molecule is COc1ccc(C)cc1NCCC(=O)N[C@@H](c1ccc(F)cc1)c1cccs1. The normalized spacial score (nSPS) is 11.7. The van der Waals surface area contributed by atoms with Gasteiger partial charge in [0, 0.05) is 17.8 Å². The lowest BCUT2D eigenvalue weighted by molar-refractivity contribution is -0.121. The number of aryl methyl sites for hydroxylation is 1. The van der Waals surface area contributed by atoms with Gasteiger partial charge >= 0.3 is 0 Å². The zero-order valence-corrected chi connectivity index (χ0v) is 16.7. The van der Waals surface area contributed by atoms with Gasteiger partial charge in [-0.25, -0.2) is 4.39 Å². The first kappa shape index (κ1) is 19.9. The van der Waals surface area contributed by atoms with Crippen LogP contribution in [-0.2, 0) is 4.79 Å². The number of methoxy groups -OCH3 is 1. The van der Waals surface area contributed by atoms with Gasteiger partial charge in [0.2, 0.25) is 5.91 Å². The fourth-order valence-corrected chi connectivity index (χ4v) is 3.74. The predicted octanol–water partition coefficient (Wildman–Crippen LogP) is 4.91. The summed E-state index contributed by atoms with van der Waals surface area (Å²) in [4.78, 5) is 13.6. The van der Waals surface area contributed by atoms with Crippen LogP contribution in [0.25, 0.3) is 0 Å². The number of anilines is 1. The molecule has 6 heteroatoms. The van der Waals surface area contributed by atoms with E-state index >= 15 is 0 Å². The number of ether oxygens (including phenoxy) is 1.